The van der Waals surface area contributed by atoms with Crippen LogP contribution in [0.3, 0.4) is 0 Å². The first kappa shape index (κ1) is 15.8. The van der Waals surface area contributed by atoms with Crippen LogP contribution in [0.5, 0.6) is 0 Å². The summed E-state index contributed by atoms with van der Waals surface area (Å²) in [5.74, 6) is 0. The third-order valence-electron chi connectivity index (χ3n) is 3.08. The molecule has 0 radical (unpaired) electrons. The van der Waals surface area contributed by atoms with Crippen LogP contribution in [0.2, 0.25) is 0 Å². The maximum absolute atomic E-state index is 3.44. The Hall–Kier alpha value is -1.28. The molecular weight excluding hydrogens is 232 g/mol. The molecule has 0 bridgehead atoms. The molecule has 1 rings (SSSR count). The van der Waals surface area contributed by atoms with Crippen molar-refractivity contribution in [1.82, 2.24) is 5.32 Å². The van der Waals surface area contributed by atoms with E-state index in [1.54, 1.807) is 0 Å². The van der Waals surface area contributed by atoms with Crippen molar-refractivity contribution in [1.29, 1.82) is 0 Å². The largest absolute Gasteiger partial charge is 0.372 e. The number of nitrogens with one attached hydrogen (secondary N) is 1. The second-order valence-corrected chi connectivity index (χ2v) is 5.80. The van der Waals surface area contributed by atoms with Gasteiger partial charge in [0.15, 0.2) is 0 Å². The fraction of sp³-hybridized carbons (Fsp3) is 0.529. The van der Waals surface area contributed by atoms with Gasteiger partial charge in [0.2, 0.25) is 0 Å². The Morgan fingerprint density at radius 2 is 1.63 bits per heavy atom. The predicted octanol–water partition coefficient (Wildman–Crippen LogP) is 3.93. The quantitative estimate of drug-likeness (QED) is 0.833. The molecule has 0 heterocycles. The molecule has 0 unspecified atom stereocenters. The van der Waals surface area contributed by atoms with Gasteiger partial charge >= 0.3 is 0 Å². The Morgan fingerprint density at radius 3 is 2.11 bits per heavy atom. The molecule has 1 N–H and O–H groups in total. The van der Waals surface area contributed by atoms with Crippen molar-refractivity contribution in [2.24, 2.45) is 0 Å². The Bertz CT molecular complexity index is 381. The van der Waals surface area contributed by atoms with Gasteiger partial charge in [-0.15, -0.1) is 0 Å². The van der Waals surface area contributed by atoms with Crippen molar-refractivity contribution < 1.29 is 0 Å². The van der Waals surface area contributed by atoms with Crippen LogP contribution in [-0.2, 0) is 0 Å². The molecule has 0 fully saturated rings. The molecule has 2 heteroatoms. The zero-order valence-corrected chi connectivity index (χ0v) is 13.0. The van der Waals surface area contributed by atoms with Crippen LogP contribution in [0.1, 0.15) is 40.2 Å². The normalized spacial score (nSPS) is 12.1. The predicted molar refractivity (Wildman–Crippen MR) is 86.8 cm³/mol. The molecule has 0 saturated heterocycles. The van der Waals surface area contributed by atoms with Crippen molar-refractivity contribution in [3.05, 3.63) is 35.9 Å². The molecule has 0 aliphatic rings. The second-order valence-electron chi connectivity index (χ2n) is 5.80. The molecule has 106 valence electrons. The number of nitrogens with zero attached hydrogens (tertiary/aromatic N) is 1. The number of hydrogen-bond donors (Lipinski definition) is 1. The minimum Gasteiger partial charge on any atom is -0.372 e. The highest BCUT2D eigenvalue weighted by molar-refractivity contribution is 5.56. The van der Waals surface area contributed by atoms with Gasteiger partial charge in [0, 0.05) is 30.9 Å². The molecule has 1 aromatic carbocycles. The molecule has 1 aromatic rings. The van der Waals surface area contributed by atoms with E-state index in [2.05, 4.69) is 81.3 Å². The summed E-state index contributed by atoms with van der Waals surface area (Å²) in [6, 6.07) is 8.76. The summed E-state index contributed by atoms with van der Waals surface area (Å²) >= 11 is 0. The van der Waals surface area contributed by atoms with E-state index in [1.807, 2.05) is 0 Å². The lowest BCUT2D eigenvalue weighted by Crippen LogP contribution is -2.35. The Balaban J connectivity index is 2.55. The van der Waals surface area contributed by atoms with E-state index in [0.717, 1.165) is 19.6 Å². The molecule has 0 amide bonds. The van der Waals surface area contributed by atoms with Crippen LogP contribution in [0.4, 0.5) is 5.69 Å². The minimum absolute atomic E-state index is 0.178. The first-order valence-corrected chi connectivity index (χ1v) is 7.23. The van der Waals surface area contributed by atoms with Crippen LogP contribution in [0.15, 0.2) is 30.3 Å². The van der Waals surface area contributed by atoms with Crippen molar-refractivity contribution >= 4 is 11.8 Å². The van der Waals surface area contributed by atoms with Gasteiger partial charge in [-0.05, 0) is 52.3 Å². The van der Waals surface area contributed by atoms with Gasteiger partial charge in [0.1, 0.15) is 0 Å². The SMILES string of the molecule is CCN(CC)c1ccc(/C=C/CNC(C)(C)C)cc1. The monoisotopic (exact) mass is 260 g/mol. The fourth-order valence-electron chi connectivity index (χ4n) is 1.95. The molecule has 0 aliphatic heterocycles. The van der Waals surface area contributed by atoms with E-state index < -0.39 is 0 Å². The lowest BCUT2D eigenvalue weighted by Gasteiger charge is -2.21. The first-order chi connectivity index (χ1) is 8.96. The average molecular weight is 260 g/mol. The molecule has 19 heavy (non-hydrogen) atoms. The Morgan fingerprint density at radius 1 is 1.05 bits per heavy atom. The van der Waals surface area contributed by atoms with E-state index in [9.17, 15) is 0 Å². The summed E-state index contributed by atoms with van der Waals surface area (Å²) in [6.45, 7) is 13.9. The Labute approximate surface area is 118 Å². The molecule has 0 saturated carbocycles. The summed E-state index contributed by atoms with van der Waals surface area (Å²) in [4.78, 5) is 2.36. The van der Waals surface area contributed by atoms with Crippen LogP contribution in [-0.4, -0.2) is 25.2 Å². The van der Waals surface area contributed by atoms with Gasteiger partial charge < -0.3 is 10.2 Å². The van der Waals surface area contributed by atoms with Gasteiger partial charge in [-0.1, -0.05) is 24.3 Å². The van der Waals surface area contributed by atoms with Crippen molar-refractivity contribution in [3.8, 4) is 0 Å². The van der Waals surface area contributed by atoms with E-state index in [0.29, 0.717) is 0 Å². The van der Waals surface area contributed by atoms with E-state index in [4.69, 9.17) is 0 Å². The molecule has 0 atom stereocenters. The van der Waals surface area contributed by atoms with Gasteiger partial charge in [-0.3, -0.25) is 0 Å². The van der Waals surface area contributed by atoms with Gasteiger partial charge in [-0.2, -0.15) is 0 Å². The standard InChI is InChI=1S/C17H28N2/c1-6-19(7-2)16-12-10-15(11-13-16)9-8-14-18-17(3,4)5/h8-13,18H,6-7,14H2,1-5H3/b9-8+. The lowest BCUT2D eigenvalue weighted by atomic mass is 10.1. The van der Waals surface area contributed by atoms with Crippen LogP contribution in [0, 0.1) is 0 Å². The summed E-state index contributed by atoms with van der Waals surface area (Å²) < 4.78 is 0. The average Bonchev–Trinajstić information content (AvgIpc) is 2.37. The summed E-state index contributed by atoms with van der Waals surface area (Å²) in [5, 5.41) is 3.44. The van der Waals surface area contributed by atoms with Gasteiger partial charge in [0.05, 0.1) is 0 Å². The minimum atomic E-state index is 0.178. The van der Waals surface area contributed by atoms with Gasteiger partial charge in [0.25, 0.3) is 0 Å². The zero-order valence-electron chi connectivity index (χ0n) is 13.0. The molecule has 0 aromatic heterocycles. The van der Waals surface area contributed by atoms with E-state index in [1.165, 1.54) is 11.3 Å². The Kier molecular flexibility index (Phi) is 6.10. The summed E-state index contributed by atoms with van der Waals surface area (Å²) in [7, 11) is 0. The number of benzene rings is 1. The lowest BCUT2D eigenvalue weighted by molar-refractivity contribution is 0.450. The third-order valence-corrected chi connectivity index (χ3v) is 3.08. The maximum atomic E-state index is 3.44. The summed E-state index contributed by atoms with van der Waals surface area (Å²) in [6.07, 6.45) is 4.35. The van der Waals surface area contributed by atoms with Crippen molar-refractivity contribution in [2.75, 3.05) is 24.5 Å². The topological polar surface area (TPSA) is 15.3 Å². The fourth-order valence-corrected chi connectivity index (χ4v) is 1.95. The molecule has 0 spiro atoms. The zero-order chi connectivity index (χ0) is 14.3. The number of rotatable bonds is 6. The summed E-state index contributed by atoms with van der Waals surface area (Å²) in [5.41, 5.74) is 2.73. The molecule has 0 aliphatic carbocycles. The van der Waals surface area contributed by atoms with E-state index >= 15 is 0 Å². The van der Waals surface area contributed by atoms with Gasteiger partial charge in [-0.25, -0.2) is 0 Å². The molecule has 2 nitrogen and oxygen atoms in total. The maximum Gasteiger partial charge on any atom is 0.0366 e. The third kappa shape index (κ3) is 5.93. The van der Waals surface area contributed by atoms with Crippen molar-refractivity contribution in [2.45, 2.75) is 40.2 Å². The highest BCUT2D eigenvalue weighted by Gasteiger charge is 2.05. The highest BCUT2D eigenvalue weighted by Crippen LogP contribution is 2.15. The van der Waals surface area contributed by atoms with E-state index in [-0.39, 0.29) is 5.54 Å². The smallest absolute Gasteiger partial charge is 0.0366 e. The van der Waals surface area contributed by atoms with Crippen LogP contribution < -0.4 is 10.2 Å². The first-order valence-electron chi connectivity index (χ1n) is 7.23. The highest BCUT2D eigenvalue weighted by atomic mass is 15.1. The number of anilines is 1. The van der Waals surface area contributed by atoms with Crippen LogP contribution >= 0.6 is 0 Å². The number of hydrogen-bond acceptors (Lipinski definition) is 2. The molecular formula is C17H28N2. The second kappa shape index (κ2) is 7.34. The van der Waals surface area contributed by atoms with Crippen LogP contribution in [0.25, 0.3) is 6.08 Å². The van der Waals surface area contributed by atoms with Crippen molar-refractivity contribution in [3.63, 3.8) is 0 Å².